The summed E-state index contributed by atoms with van der Waals surface area (Å²) in [5.74, 6) is -0.848. The number of aryl methyl sites for hydroxylation is 3. The van der Waals surface area contributed by atoms with Crippen LogP contribution in [-0.4, -0.2) is 44.3 Å². The lowest BCUT2D eigenvalue weighted by atomic mass is 10.1. The molecular formula is C29H34ClN3O4S. The van der Waals surface area contributed by atoms with E-state index in [9.17, 15) is 18.0 Å². The molecule has 38 heavy (non-hydrogen) atoms. The van der Waals surface area contributed by atoms with Gasteiger partial charge in [0.25, 0.3) is 10.0 Å². The third-order valence-corrected chi connectivity index (χ3v) is 8.45. The molecule has 1 N–H and O–H groups in total. The number of rotatable bonds is 10. The molecule has 3 aromatic carbocycles. The largest absolute Gasteiger partial charge is 0.355 e. The Bertz CT molecular complexity index is 1410. The lowest BCUT2D eigenvalue weighted by Crippen LogP contribution is -2.51. The first kappa shape index (κ1) is 29.2. The van der Waals surface area contributed by atoms with Gasteiger partial charge in [0.05, 0.1) is 10.6 Å². The van der Waals surface area contributed by atoms with Crippen molar-refractivity contribution in [2.45, 2.75) is 52.1 Å². The molecule has 3 aromatic rings. The van der Waals surface area contributed by atoms with Gasteiger partial charge in [0.15, 0.2) is 0 Å². The predicted molar refractivity (Wildman–Crippen MR) is 152 cm³/mol. The van der Waals surface area contributed by atoms with Crippen molar-refractivity contribution in [3.8, 4) is 0 Å². The van der Waals surface area contributed by atoms with E-state index < -0.39 is 28.5 Å². The highest BCUT2D eigenvalue weighted by molar-refractivity contribution is 7.92. The number of amides is 2. The minimum atomic E-state index is -4.10. The summed E-state index contributed by atoms with van der Waals surface area (Å²) >= 11 is 6.16. The van der Waals surface area contributed by atoms with Crippen molar-refractivity contribution in [2.24, 2.45) is 0 Å². The van der Waals surface area contributed by atoms with Crippen molar-refractivity contribution in [1.29, 1.82) is 0 Å². The van der Waals surface area contributed by atoms with Crippen LogP contribution in [0.3, 0.4) is 0 Å². The molecule has 0 saturated carbocycles. The molecule has 0 aromatic heterocycles. The molecule has 1 atom stereocenters. The molecule has 0 aliphatic carbocycles. The van der Waals surface area contributed by atoms with Crippen LogP contribution in [0.25, 0.3) is 0 Å². The second-order valence-electron chi connectivity index (χ2n) is 9.32. The lowest BCUT2D eigenvalue weighted by Gasteiger charge is -2.32. The molecule has 7 nitrogen and oxygen atoms in total. The molecule has 3 rings (SSSR count). The Kier molecular flexibility index (Phi) is 9.57. The first-order valence-electron chi connectivity index (χ1n) is 12.4. The number of halogens is 1. The number of carbonyl (C=O) groups is 2. The Morgan fingerprint density at radius 3 is 2.24 bits per heavy atom. The first-order chi connectivity index (χ1) is 17.9. The number of likely N-dealkylation sites (N-methyl/N-ethyl adjacent to an activating group) is 1. The molecule has 0 radical (unpaired) electrons. The summed E-state index contributed by atoms with van der Waals surface area (Å²) in [4.78, 5) is 28.1. The Hall–Kier alpha value is -3.36. The first-order valence-corrected chi connectivity index (χ1v) is 14.2. The maximum Gasteiger partial charge on any atom is 0.264 e. The van der Waals surface area contributed by atoms with Crippen LogP contribution in [0.2, 0.25) is 5.02 Å². The predicted octanol–water partition coefficient (Wildman–Crippen LogP) is 5.01. The topological polar surface area (TPSA) is 86.8 Å². The van der Waals surface area contributed by atoms with Crippen LogP contribution >= 0.6 is 11.6 Å². The number of benzene rings is 3. The van der Waals surface area contributed by atoms with Crippen LogP contribution in [0.4, 0.5) is 5.69 Å². The average Bonchev–Trinajstić information content (AvgIpc) is 2.87. The second-order valence-corrected chi connectivity index (χ2v) is 11.6. The zero-order chi connectivity index (χ0) is 28.0. The summed E-state index contributed by atoms with van der Waals surface area (Å²) in [6, 6.07) is 17.9. The van der Waals surface area contributed by atoms with E-state index >= 15 is 0 Å². The Morgan fingerprint density at radius 2 is 1.63 bits per heavy atom. The zero-order valence-electron chi connectivity index (χ0n) is 22.4. The number of carbonyl (C=O) groups excluding carboxylic acids is 2. The molecule has 0 spiro atoms. The number of sulfonamides is 1. The fourth-order valence-corrected chi connectivity index (χ4v) is 5.60. The van der Waals surface area contributed by atoms with Crippen molar-refractivity contribution in [3.05, 3.63) is 94.0 Å². The normalized spacial score (nSPS) is 12.1. The van der Waals surface area contributed by atoms with E-state index in [-0.39, 0.29) is 17.3 Å². The van der Waals surface area contributed by atoms with Crippen molar-refractivity contribution in [3.63, 3.8) is 0 Å². The van der Waals surface area contributed by atoms with Crippen LogP contribution in [0.1, 0.15) is 36.1 Å². The fourth-order valence-electron chi connectivity index (χ4n) is 3.98. The Labute approximate surface area is 230 Å². The smallest absolute Gasteiger partial charge is 0.264 e. The van der Waals surface area contributed by atoms with Gasteiger partial charge in [-0.05, 0) is 87.7 Å². The molecule has 0 fully saturated rings. The molecular weight excluding hydrogens is 522 g/mol. The van der Waals surface area contributed by atoms with Crippen molar-refractivity contribution >= 4 is 39.1 Å². The summed E-state index contributed by atoms with van der Waals surface area (Å²) in [5.41, 5.74) is 3.91. The number of nitrogens with zero attached hydrogens (tertiary/aromatic N) is 2. The van der Waals surface area contributed by atoms with E-state index in [1.54, 1.807) is 62.4 Å². The Morgan fingerprint density at radius 1 is 0.947 bits per heavy atom. The minimum Gasteiger partial charge on any atom is -0.355 e. The molecule has 0 saturated heterocycles. The van der Waals surface area contributed by atoms with E-state index in [2.05, 4.69) is 5.32 Å². The highest BCUT2D eigenvalue weighted by atomic mass is 35.5. The number of hydrogen-bond donors (Lipinski definition) is 1. The lowest BCUT2D eigenvalue weighted by molar-refractivity contribution is -0.139. The highest BCUT2D eigenvalue weighted by Crippen LogP contribution is 2.27. The van der Waals surface area contributed by atoms with Gasteiger partial charge < -0.3 is 10.2 Å². The summed E-state index contributed by atoms with van der Waals surface area (Å²) in [5, 5.41) is 3.25. The third kappa shape index (κ3) is 6.94. The highest BCUT2D eigenvalue weighted by Gasteiger charge is 2.32. The van der Waals surface area contributed by atoms with Gasteiger partial charge in [-0.3, -0.25) is 13.9 Å². The molecule has 0 bridgehead atoms. The van der Waals surface area contributed by atoms with Crippen LogP contribution in [0.5, 0.6) is 0 Å². The second kappa shape index (κ2) is 12.5. The maximum atomic E-state index is 13.9. The van der Waals surface area contributed by atoms with Crippen LogP contribution in [0, 0.1) is 20.8 Å². The summed E-state index contributed by atoms with van der Waals surface area (Å²) in [6.07, 6.45) is 0. The van der Waals surface area contributed by atoms with Gasteiger partial charge in [0, 0.05) is 18.1 Å². The average molecular weight is 556 g/mol. The van der Waals surface area contributed by atoms with Gasteiger partial charge in [-0.25, -0.2) is 8.42 Å². The molecule has 0 aliphatic heterocycles. The van der Waals surface area contributed by atoms with Gasteiger partial charge in [-0.2, -0.15) is 0 Å². The van der Waals surface area contributed by atoms with Gasteiger partial charge >= 0.3 is 0 Å². The summed E-state index contributed by atoms with van der Waals surface area (Å²) in [7, 11) is -4.10. The van der Waals surface area contributed by atoms with E-state index in [1.807, 2.05) is 26.8 Å². The van der Waals surface area contributed by atoms with E-state index in [0.717, 1.165) is 26.6 Å². The van der Waals surface area contributed by atoms with Gasteiger partial charge in [-0.15, -0.1) is 0 Å². The quantitative estimate of drug-likeness (QED) is 0.381. The monoisotopic (exact) mass is 555 g/mol. The maximum absolute atomic E-state index is 13.9. The number of nitrogens with one attached hydrogen (secondary N) is 1. The van der Waals surface area contributed by atoms with Gasteiger partial charge in [0.2, 0.25) is 11.8 Å². The zero-order valence-corrected chi connectivity index (χ0v) is 23.9. The van der Waals surface area contributed by atoms with Crippen LogP contribution < -0.4 is 9.62 Å². The van der Waals surface area contributed by atoms with Crippen molar-refractivity contribution in [1.82, 2.24) is 10.2 Å². The minimum absolute atomic E-state index is 0.0762. The molecule has 0 unspecified atom stereocenters. The molecule has 0 aliphatic rings. The number of hydrogen-bond acceptors (Lipinski definition) is 4. The van der Waals surface area contributed by atoms with Crippen molar-refractivity contribution < 1.29 is 18.0 Å². The van der Waals surface area contributed by atoms with E-state index in [0.29, 0.717) is 17.3 Å². The molecule has 0 heterocycles. The van der Waals surface area contributed by atoms with E-state index in [4.69, 9.17) is 11.6 Å². The Balaban J connectivity index is 2.06. The van der Waals surface area contributed by atoms with E-state index in [1.165, 1.54) is 17.0 Å². The van der Waals surface area contributed by atoms with Crippen LogP contribution in [-0.2, 0) is 26.2 Å². The standard InChI is InChI=1S/C29H34ClN3O4S/c1-6-31-29(35)23(5)32(18-24-8-7-9-25(30)17-24)28(34)19-33(26-13-12-21(3)22(4)16-26)38(36,37)27-14-10-20(2)11-15-27/h7-17,23H,6,18-19H2,1-5H3,(H,31,35)/t23-/m0/s1. The van der Waals surface area contributed by atoms with Crippen molar-refractivity contribution in [2.75, 3.05) is 17.4 Å². The summed E-state index contributed by atoms with van der Waals surface area (Å²) in [6.45, 7) is 9.12. The number of anilines is 1. The molecule has 2 amide bonds. The third-order valence-electron chi connectivity index (χ3n) is 6.43. The molecule has 9 heteroatoms. The molecule has 202 valence electrons. The van der Waals surface area contributed by atoms with Gasteiger partial charge in [-0.1, -0.05) is 47.5 Å². The van der Waals surface area contributed by atoms with Gasteiger partial charge in [0.1, 0.15) is 12.6 Å². The fraction of sp³-hybridized carbons (Fsp3) is 0.310. The SMILES string of the molecule is CCNC(=O)[C@H](C)N(Cc1cccc(Cl)c1)C(=O)CN(c1ccc(C)c(C)c1)S(=O)(=O)c1ccc(C)cc1. The van der Waals surface area contributed by atoms with Crippen LogP contribution in [0.15, 0.2) is 71.6 Å². The summed E-state index contributed by atoms with van der Waals surface area (Å²) < 4.78 is 28.8.